The summed E-state index contributed by atoms with van der Waals surface area (Å²) in [5.74, 6) is 0. The van der Waals surface area contributed by atoms with Crippen LogP contribution >= 0.6 is 0 Å². The molecule has 1 unspecified atom stereocenters. The van der Waals surface area contributed by atoms with Gasteiger partial charge in [0.05, 0.1) is 0 Å². The average molecular weight is 299 g/mol. The molecule has 1 aromatic carbocycles. The van der Waals surface area contributed by atoms with E-state index in [1.165, 1.54) is 0 Å². The van der Waals surface area contributed by atoms with Crippen LogP contribution < -0.4 is 0 Å². The molecule has 2 heterocycles. The standard InChI is InChI=1S/C17H21N3O2/c1-17(15-8-10-18-19-15)9-5-11-20(13-17)16(21)22-12-14-6-3-2-4-7-14/h2-4,6-8,10H,5,9,11-13H2,1H3,(H,18,19). The van der Waals surface area contributed by atoms with Crippen molar-refractivity contribution >= 4 is 6.09 Å². The largest absolute Gasteiger partial charge is 0.445 e. The Morgan fingerprint density at radius 2 is 2.18 bits per heavy atom. The molecule has 1 fully saturated rings. The summed E-state index contributed by atoms with van der Waals surface area (Å²) in [6, 6.07) is 11.7. The summed E-state index contributed by atoms with van der Waals surface area (Å²) in [5, 5.41) is 7.06. The lowest BCUT2D eigenvalue weighted by Crippen LogP contribution is -2.47. The number of carbonyl (C=O) groups is 1. The molecule has 1 aromatic heterocycles. The molecule has 1 atom stereocenters. The molecule has 1 aliphatic rings. The van der Waals surface area contributed by atoms with E-state index in [0.29, 0.717) is 13.2 Å². The first-order valence-corrected chi connectivity index (χ1v) is 7.63. The van der Waals surface area contributed by atoms with Crippen molar-refractivity contribution < 1.29 is 9.53 Å². The van der Waals surface area contributed by atoms with Gasteiger partial charge in [-0.25, -0.2) is 4.79 Å². The summed E-state index contributed by atoms with van der Waals surface area (Å²) in [5.41, 5.74) is 2.00. The zero-order valence-corrected chi connectivity index (χ0v) is 12.8. The number of likely N-dealkylation sites (tertiary alicyclic amines) is 1. The highest BCUT2D eigenvalue weighted by Gasteiger charge is 2.36. The third-order valence-corrected chi connectivity index (χ3v) is 4.31. The van der Waals surface area contributed by atoms with Gasteiger partial charge in [-0.1, -0.05) is 37.3 Å². The van der Waals surface area contributed by atoms with Gasteiger partial charge >= 0.3 is 6.09 Å². The maximum absolute atomic E-state index is 12.3. The highest BCUT2D eigenvalue weighted by atomic mass is 16.6. The molecule has 2 aromatic rings. The van der Waals surface area contributed by atoms with Gasteiger partial charge in [-0.2, -0.15) is 5.10 Å². The van der Waals surface area contributed by atoms with Crippen molar-refractivity contribution in [3.8, 4) is 0 Å². The Balaban J connectivity index is 1.61. The maximum atomic E-state index is 12.3. The van der Waals surface area contributed by atoms with Gasteiger partial charge in [0.15, 0.2) is 0 Å². The number of aromatic amines is 1. The third kappa shape index (κ3) is 3.13. The third-order valence-electron chi connectivity index (χ3n) is 4.31. The normalized spacial score (nSPS) is 21.6. The number of rotatable bonds is 3. The number of piperidine rings is 1. The molecule has 116 valence electrons. The molecule has 5 heteroatoms. The minimum atomic E-state index is -0.241. The monoisotopic (exact) mass is 299 g/mol. The Morgan fingerprint density at radius 1 is 1.36 bits per heavy atom. The van der Waals surface area contributed by atoms with Crippen LogP contribution in [-0.4, -0.2) is 34.3 Å². The number of hydrogen-bond donors (Lipinski definition) is 1. The number of aromatic nitrogens is 2. The lowest BCUT2D eigenvalue weighted by atomic mass is 9.79. The van der Waals surface area contributed by atoms with Crippen LogP contribution in [0.3, 0.4) is 0 Å². The molecule has 3 rings (SSSR count). The van der Waals surface area contributed by atoms with Crippen molar-refractivity contribution in [2.75, 3.05) is 13.1 Å². The van der Waals surface area contributed by atoms with E-state index >= 15 is 0 Å². The van der Waals surface area contributed by atoms with E-state index in [-0.39, 0.29) is 11.5 Å². The Hall–Kier alpha value is -2.30. The summed E-state index contributed by atoms with van der Waals surface area (Å²) in [6.45, 7) is 3.88. The van der Waals surface area contributed by atoms with Crippen LogP contribution in [0.5, 0.6) is 0 Å². The molecular weight excluding hydrogens is 278 g/mol. The van der Waals surface area contributed by atoms with Crippen molar-refractivity contribution in [3.05, 3.63) is 53.9 Å². The van der Waals surface area contributed by atoms with Crippen molar-refractivity contribution in [1.82, 2.24) is 15.1 Å². The first-order valence-electron chi connectivity index (χ1n) is 7.63. The molecule has 1 saturated heterocycles. The van der Waals surface area contributed by atoms with Crippen LogP contribution in [0.4, 0.5) is 4.79 Å². The molecular formula is C17H21N3O2. The van der Waals surface area contributed by atoms with Crippen molar-refractivity contribution in [2.24, 2.45) is 0 Å². The van der Waals surface area contributed by atoms with Crippen LogP contribution in [0, 0.1) is 0 Å². The smallest absolute Gasteiger partial charge is 0.410 e. The summed E-state index contributed by atoms with van der Waals surface area (Å²) < 4.78 is 5.44. The van der Waals surface area contributed by atoms with Gasteiger partial charge in [0.1, 0.15) is 6.61 Å². The fraction of sp³-hybridized carbons (Fsp3) is 0.412. The van der Waals surface area contributed by atoms with Crippen LogP contribution in [0.2, 0.25) is 0 Å². The number of benzene rings is 1. The van der Waals surface area contributed by atoms with Gasteiger partial charge in [0.25, 0.3) is 0 Å². The van der Waals surface area contributed by atoms with Crippen LogP contribution in [0.25, 0.3) is 0 Å². The van der Waals surface area contributed by atoms with E-state index in [1.807, 2.05) is 36.4 Å². The first-order chi connectivity index (χ1) is 10.7. The van der Waals surface area contributed by atoms with Gasteiger partial charge in [-0.05, 0) is 24.5 Å². The van der Waals surface area contributed by atoms with Gasteiger partial charge in [-0.3, -0.25) is 5.10 Å². The number of amides is 1. The Bertz CT molecular complexity index is 612. The molecule has 22 heavy (non-hydrogen) atoms. The maximum Gasteiger partial charge on any atom is 0.410 e. The second-order valence-corrected chi connectivity index (χ2v) is 6.10. The van der Waals surface area contributed by atoms with E-state index in [2.05, 4.69) is 17.1 Å². The van der Waals surface area contributed by atoms with Crippen molar-refractivity contribution in [1.29, 1.82) is 0 Å². The zero-order valence-electron chi connectivity index (χ0n) is 12.8. The number of hydrogen-bond acceptors (Lipinski definition) is 3. The van der Waals surface area contributed by atoms with Gasteiger partial charge in [0, 0.05) is 30.4 Å². The molecule has 1 aliphatic heterocycles. The number of nitrogens with zero attached hydrogens (tertiary/aromatic N) is 2. The average Bonchev–Trinajstić information content (AvgIpc) is 3.09. The van der Waals surface area contributed by atoms with Crippen LogP contribution in [0.15, 0.2) is 42.6 Å². The fourth-order valence-electron chi connectivity index (χ4n) is 3.02. The van der Waals surface area contributed by atoms with E-state index in [4.69, 9.17) is 4.74 Å². The quantitative estimate of drug-likeness (QED) is 0.947. The number of nitrogens with one attached hydrogen (secondary N) is 1. The zero-order chi connectivity index (χ0) is 15.4. The minimum Gasteiger partial charge on any atom is -0.445 e. The Kier molecular flexibility index (Phi) is 4.13. The second-order valence-electron chi connectivity index (χ2n) is 6.10. The lowest BCUT2D eigenvalue weighted by Gasteiger charge is -2.39. The van der Waals surface area contributed by atoms with E-state index in [1.54, 1.807) is 11.1 Å². The fourth-order valence-corrected chi connectivity index (χ4v) is 3.02. The molecule has 0 aliphatic carbocycles. The van der Waals surface area contributed by atoms with Crippen molar-refractivity contribution in [3.63, 3.8) is 0 Å². The molecule has 0 spiro atoms. The van der Waals surface area contributed by atoms with E-state index in [0.717, 1.165) is 30.6 Å². The molecule has 0 saturated carbocycles. The van der Waals surface area contributed by atoms with E-state index < -0.39 is 0 Å². The van der Waals surface area contributed by atoms with Gasteiger partial charge in [-0.15, -0.1) is 0 Å². The number of ether oxygens (including phenoxy) is 1. The van der Waals surface area contributed by atoms with Gasteiger partial charge < -0.3 is 9.64 Å². The second kappa shape index (κ2) is 6.22. The molecule has 1 amide bonds. The predicted octanol–water partition coefficient (Wildman–Crippen LogP) is 3.10. The first kappa shape index (κ1) is 14.6. The minimum absolute atomic E-state index is 0.0828. The van der Waals surface area contributed by atoms with Gasteiger partial charge in [0.2, 0.25) is 0 Å². The molecule has 0 radical (unpaired) electrons. The summed E-state index contributed by atoms with van der Waals surface area (Å²) in [4.78, 5) is 14.1. The highest BCUT2D eigenvalue weighted by molar-refractivity contribution is 5.68. The van der Waals surface area contributed by atoms with Crippen LogP contribution in [0.1, 0.15) is 31.0 Å². The number of H-pyrrole nitrogens is 1. The molecule has 1 N–H and O–H groups in total. The van der Waals surface area contributed by atoms with E-state index in [9.17, 15) is 4.79 Å². The topological polar surface area (TPSA) is 58.2 Å². The van der Waals surface area contributed by atoms with Crippen molar-refractivity contribution in [2.45, 2.75) is 31.8 Å². The SMILES string of the molecule is CC1(c2ccn[nH]2)CCCN(C(=O)OCc2ccccc2)C1. The molecule has 0 bridgehead atoms. The van der Waals surface area contributed by atoms with Crippen LogP contribution in [-0.2, 0) is 16.8 Å². The number of carbonyl (C=O) groups excluding carboxylic acids is 1. The summed E-state index contributed by atoms with van der Waals surface area (Å²) in [7, 11) is 0. The lowest BCUT2D eigenvalue weighted by molar-refractivity contribution is 0.0741. The summed E-state index contributed by atoms with van der Waals surface area (Å²) >= 11 is 0. The summed E-state index contributed by atoms with van der Waals surface area (Å²) in [6.07, 6.45) is 3.52. The predicted molar refractivity (Wildman–Crippen MR) is 83.4 cm³/mol. The molecule has 5 nitrogen and oxygen atoms in total. The highest BCUT2D eigenvalue weighted by Crippen LogP contribution is 2.32. The Morgan fingerprint density at radius 3 is 2.91 bits per heavy atom. The Labute approximate surface area is 130 Å².